The Bertz CT molecular complexity index is 636. The van der Waals surface area contributed by atoms with Crippen LogP contribution in [0.5, 0.6) is 0 Å². The quantitative estimate of drug-likeness (QED) is 0.744. The van der Waals surface area contributed by atoms with Crippen LogP contribution in [0.2, 0.25) is 0 Å². The van der Waals surface area contributed by atoms with Gasteiger partial charge in [-0.25, -0.2) is 9.78 Å². The van der Waals surface area contributed by atoms with Crippen LogP contribution in [-0.4, -0.2) is 45.0 Å². The van der Waals surface area contributed by atoms with Crippen LogP contribution in [0.4, 0.5) is 10.6 Å². The lowest BCUT2D eigenvalue weighted by Crippen LogP contribution is -2.35. The van der Waals surface area contributed by atoms with Gasteiger partial charge in [-0.05, 0) is 26.1 Å². The summed E-state index contributed by atoms with van der Waals surface area (Å²) in [6.45, 7) is 1.72. The van der Waals surface area contributed by atoms with E-state index in [1.165, 1.54) is 12.3 Å². The van der Waals surface area contributed by atoms with Crippen molar-refractivity contribution in [3.8, 4) is 0 Å². The molecule has 1 amide bonds. The zero-order chi connectivity index (χ0) is 14.0. The average Bonchev–Trinajstić information content (AvgIpc) is 2.80. The molecule has 2 heterocycles. The minimum atomic E-state index is -1.18. The first kappa shape index (κ1) is 13.0. The molecule has 0 radical (unpaired) electrons. The molecule has 2 rings (SSSR count). The maximum atomic E-state index is 11.7. The first-order chi connectivity index (χ1) is 9.02. The minimum absolute atomic E-state index is 0.222. The molecule has 100 valence electrons. The monoisotopic (exact) mass is 263 g/mol. The number of carbonyl (C=O) groups is 2. The summed E-state index contributed by atoms with van der Waals surface area (Å²) in [4.78, 5) is 26.7. The number of anilines is 1. The number of amides is 1. The number of hydrogen-bond acceptors (Lipinski definition) is 5. The summed E-state index contributed by atoms with van der Waals surface area (Å²) < 4.78 is 0.824. The third-order valence-corrected chi connectivity index (χ3v) is 2.68. The molecule has 0 aliphatic heterocycles. The maximum absolute atomic E-state index is 11.7. The van der Waals surface area contributed by atoms with Gasteiger partial charge in [-0.1, -0.05) is 0 Å². The molecule has 2 aromatic heterocycles. The molecule has 2 aromatic rings. The van der Waals surface area contributed by atoms with Gasteiger partial charge in [0.1, 0.15) is 11.3 Å². The number of likely N-dealkylation sites (N-methyl/N-ethyl adjacent to an activating group) is 1. The van der Waals surface area contributed by atoms with Crippen LogP contribution in [0.1, 0.15) is 6.92 Å². The largest absolute Gasteiger partial charge is 0.463 e. The molecular weight excluding hydrogens is 250 g/mol. The van der Waals surface area contributed by atoms with E-state index in [1.807, 2.05) is 0 Å². The number of hydrogen-bond donors (Lipinski definition) is 3. The summed E-state index contributed by atoms with van der Waals surface area (Å²) in [6.07, 6.45) is 0.151. The molecule has 0 aliphatic carbocycles. The Morgan fingerprint density at radius 3 is 2.79 bits per heavy atom. The van der Waals surface area contributed by atoms with Gasteiger partial charge in [-0.3, -0.25) is 4.79 Å². The number of carbonyl (C=O) groups excluding carboxylic acids is 1. The highest BCUT2D eigenvalue weighted by atomic mass is 16.4. The van der Waals surface area contributed by atoms with E-state index >= 15 is 0 Å². The van der Waals surface area contributed by atoms with Crippen molar-refractivity contribution in [2.75, 3.05) is 12.4 Å². The first-order valence-corrected chi connectivity index (χ1v) is 5.59. The second-order valence-corrected chi connectivity index (χ2v) is 3.94. The number of aromatic nitrogens is 3. The molecule has 0 spiro atoms. The molecule has 0 fully saturated rings. The zero-order valence-electron chi connectivity index (χ0n) is 10.4. The van der Waals surface area contributed by atoms with E-state index in [1.54, 1.807) is 20.0 Å². The Hall–Kier alpha value is -2.48. The van der Waals surface area contributed by atoms with Crippen LogP contribution in [0.3, 0.4) is 0 Å². The summed E-state index contributed by atoms with van der Waals surface area (Å²) >= 11 is 0. The topological polar surface area (TPSA) is 109 Å². The van der Waals surface area contributed by atoms with Crippen molar-refractivity contribution in [1.82, 2.24) is 20.1 Å². The molecule has 0 saturated carbocycles. The van der Waals surface area contributed by atoms with Gasteiger partial charge in [-0.15, -0.1) is 0 Å². The summed E-state index contributed by atoms with van der Waals surface area (Å²) in [5.41, 5.74) is 0.768. The fourth-order valence-electron chi connectivity index (χ4n) is 1.50. The summed E-state index contributed by atoms with van der Waals surface area (Å²) in [7, 11) is 1.68. The Morgan fingerprint density at radius 2 is 2.16 bits per heavy atom. The van der Waals surface area contributed by atoms with E-state index in [9.17, 15) is 9.59 Å². The first-order valence-electron chi connectivity index (χ1n) is 5.59. The molecule has 0 bridgehead atoms. The van der Waals surface area contributed by atoms with E-state index in [0.29, 0.717) is 16.9 Å². The van der Waals surface area contributed by atoms with E-state index in [2.05, 4.69) is 20.7 Å². The van der Waals surface area contributed by atoms with Gasteiger partial charge in [0.25, 0.3) is 0 Å². The van der Waals surface area contributed by atoms with Gasteiger partial charge in [0, 0.05) is 0 Å². The SMILES string of the molecule is CNC(C)C(=O)Nc1ccc2c(cnn2C(=O)O)n1. The summed E-state index contributed by atoms with van der Waals surface area (Å²) in [5, 5.41) is 18.0. The van der Waals surface area contributed by atoms with Crippen molar-refractivity contribution in [2.45, 2.75) is 13.0 Å². The Morgan fingerprint density at radius 1 is 1.42 bits per heavy atom. The molecule has 0 saturated heterocycles. The normalized spacial score (nSPS) is 12.3. The molecule has 19 heavy (non-hydrogen) atoms. The highest BCUT2D eigenvalue weighted by molar-refractivity contribution is 5.95. The molecular formula is C11H13N5O3. The summed E-state index contributed by atoms with van der Waals surface area (Å²) in [5.74, 6) is 0.129. The molecule has 0 aliphatic rings. The highest BCUT2D eigenvalue weighted by Crippen LogP contribution is 2.14. The van der Waals surface area contributed by atoms with Crippen LogP contribution < -0.4 is 10.6 Å². The maximum Gasteiger partial charge on any atom is 0.432 e. The van der Waals surface area contributed by atoms with E-state index in [-0.39, 0.29) is 11.9 Å². The second kappa shape index (κ2) is 5.02. The number of fused-ring (bicyclic) bond motifs is 1. The molecule has 8 nitrogen and oxygen atoms in total. The van der Waals surface area contributed by atoms with Gasteiger partial charge in [0.05, 0.1) is 17.8 Å². The van der Waals surface area contributed by atoms with E-state index in [0.717, 1.165) is 4.68 Å². The Balaban J connectivity index is 2.28. The Labute approximate surface area is 108 Å². The smallest absolute Gasteiger partial charge is 0.432 e. The zero-order valence-corrected chi connectivity index (χ0v) is 10.4. The van der Waals surface area contributed by atoms with Gasteiger partial charge in [-0.2, -0.15) is 9.78 Å². The molecule has 0 aromatic carbocycles. The third kappa shape index (κ3) is 2.52. The van der Waals surface area contributed by atoms with Crippen molar-refractivity contribution in [2.24, 2.45) is 0 Å². The number of nitrogens with zero attached hydrogens (tertiary/aromatic N) is 3. The number of rotatable bonds is 3. The highest BCUT2D eigenvalue weighted by Gasteiger charge is 2.13. The molecule has 3 N–H and O–H groups in total. The predicted molar refractivity (Wildman–Crippen MR) is 68.1 cm³/mol. The van der Waals surface area contributed by atoms with Crippen LogP contribution in [-0.2, 0) is 4.79 Å². The number of pyridine rings is 1. The average molecular weight is 263 g/mol. The van der Waals surface area contributed by atoms with Gasteiger partial charge >= 0.3 is 6.09 Å². The molecule has 1 atom stereocenters. The lowest BCUT2D eigenvalue weighted by molar-refractivity contribution is -0.117. The fourth-order valence-corrected chi connectivity index (χ4v) is 1.50. The van der Waals surface area contributed by atoms with Gasteiger partial charge < -0.3 is 15.7 Å². The molecule has 8 heteroatoms. The lowest BCUT2D eigenvalue weighted by Gasteiger charge is -2.10. The Kier molecular flexibility index (Phi) is 3.43. The van der Waals surface area contributed by atoms with Gasteiger partial charge in [0.2, 0.25) is 5.91 Å². The third-order valence-electron chi connectivity index (χ3n) is 2.68. The lowest BCUT2D eigenvalue weighted by atomic mass is 10.3. The predicted octanol–water partition coefficient (Wildman–Crippen LogP) is 0.504. The number of carboxylic acid groups (broad SMARTS) is 1. The number of nitrogens with one attached hydrogen (secondary N) is 2. The molecule has 1 unspecified atom stereocenters. The van der Waals surface area contributed by atoms with E-state index in [4.69, 9.17) is 5.11 Å². The van der Waals surface area contributed by atoms with Crippen molar-refractivity contribution in [1.29, 1.82) is 0 Å². The van der Waals surface area contributed by atoms with Crippen LogP contribution in [0.15, 0.2) is 18.3 Å². The van der Waals surface area contributed by atoms with Crippen LogP contribution in [0.25, 0.3) is 11.0 Å². The fraction of sp³-hybridized carbons (Fsp3) is 0.273. The van der Waals surface area contributed by atoms with Gasteiger partial charge in [0.15, 0.2) is 0 Å². The summed E-state index contributed by atoms with van der Waals surface area (Å²) in [6, 6.07) is 2.73. The van der Waals surface area contributed by atoms with Crippen molar-refractivity contribution >= 4 is 28.9 Å². The van der Waals surface area contributed by atoms with Crippen molar-refractivity contribution in [3.05, 3.63) is 18.3 Å². The second-order valence-electron chi connectivity index (χ2n) is 3.94. The van der Waals surface area contributed by atoms with Crippen molar-refractivity contribution < 1.29 is 14.7 Å². The van der Waals surface area contributed by atoms with Crippen LogP contribution >= 0.6 is 0 Å². The van der Waals surface area contributed by atoms with Crippen molar-refractivity contribution in [3.63, 3.8) is 0 Å². The van der Waals surface area contributed by atoms with E-state index < -0.39 is 6.09 Å². The standard InChI is InChI=1S/C11H13N5O3/c1-6(12-2)10(17)15-9-4-3-8-7(14-9)5-13-16(8)11(18)19/h3-6,12H,1-2H3,(H,18,19)(H,14,15,17). The van der Waals surface area contributed by atoms with Crippen LogP contribution in [0, 0.1) is 0 Å². The minimum Gasteiger partial charge on any atom is -0.463 e.